The second kappa shape index (κ2) is 5.01. The van der Waals surface area contributed by atoms with Crippen LogP contribution in [0.2, 0.25) is 0 Å². The molecule has 0 bridgehead atoms. The Morgan fingerprint density at radius 2 is 1.81 bits per heavy atom. The van der Waals surface area contributed by atoms with Gasteiger partial charge in [0.15, 0.2) is 0 Å². The van der Waals surface area contributed by atoms with Crippen molar-refractivity contribution < 1.29 is 9.90 Å². The highest BCUT2D eigenvalue weighted by atomic mass is 16.4. The number of anilines is 1. The maximum atomic E-state index is 10.6. The summed E-state index contributed by atoms with van der Waals surface area (Å²) in [5, 5.41) is 8.71. The number of carbonyl (C=O) groups is 1. The van der Waals surface area contributed by atoms with Crippen molar-refractivity contribution in [3.8, 4) is 0 Å². The Kier molecular flexibility index (Phi) is 3.93. The first-order chi connectivity index (χ1) is 7.41. The molecule has 0 aromatic heterocycles. The highest BCUT2D eigenvalue weighted by Crippen LogP contribution is 2.24. The van der Waals surface area contributed by atoms with E-state index in [1.165, 1.54) is 11.1 Å². The van der Waals surface area contributed by atoms with Gasteiger partial charge in [-0.15, -0.1) is 0 Å². The van der Waals surface area contributed by atoms with Gasteiger partial charge in [0.05, 0.1) is 0 Å². The quantitative estimate of drug-likeness (QED) is 0.848. The fourth-order valence-electron chi connectivity index (χ4n) is 1.72. The first-order valence-electron chi connectivity index (χ1n) is 5.41. The molecule has 0 radical (unpaired) electrons. The molecule has 1 N–H and O–H groups in total. The van der Waals surface area contributed by atoms with Crippen molar-refractivity contribution >= 4 is 11.7 Å². The number of aryl methyl sites for hydroxylation is 3. The summed E-state index contributed by atoms with van der Waals surface area (Å²) in [5.74, 6) is -0.747. The zero-order valence-corrected chi connectivity index (χ0v) is 10.4. The number of hydrogen-bond acceptors (Lipinski definition) is 2. The Labute approximate surface area is 96.7 Å². The average molecular weight is 221 g/mol. The molecule has 0 fully saturated rings. The summed E-state index contributed by atoms with van der Waals surface area (Å²) in [6.45, 7) is 4.13. The Morgan fingerprint density at radius 3 is 2.31 bits per heavy atom. The van der Waals surface area contributed by atoms with Gasteiger partial charge in [0.2, 0.25) is 0 Å². The number of carboxylic acid groups (broad SMARTS) is 1. The minimum atomic E-state index is -0.747. The van der Waals surface area contributed by atoms with E-state index in [1.54, 1.807) is 0 Å². The van der Waals surface area contributed by atoms with Gasteiger partial charge in [0.1, 0.15) is 0 Å². The van der Waals surface area contributed by atoms with Crippen LogP contribution in [0.4, 0.5) is 5.69 Å². The lowest BCUT2D eigenvalue weighted by Gasteiger charge is -2.19. The highest BCUT2D eigenvalue weighted by Gasteiger charge is 2.08. The predicted octanol–water partition coefficient (Wildman–Crippen LogP) is 2.39. The largest absolute Gasteiger partial charge is 0.481 e. The number of benzene rings is 1. The van der Waals surface area contributed by atoms with Crippen LogP contribution < -0.4 is 4.90 Å². The molecule has 0 aliphatic heterocycles. The van der Waals surface area contributed by atoms with E-state index < -0.39 is 5.97 Å². The van der Waals surface area contributed by atoms with Crippen LogP contribution in [-0.4, -0.2) is 25.2 Å². The second-order valence-corrected chi connectivity index (χ2v) is 4.35. The van der Waals surface area contributed by atoms with Gasteiger partial charge in [0.25, 0.3) is 0 Å². The lowest BCUT2D eigenvalue weighted by molar-refractivity contribution is -0.136. The number of hydrogen-bond donors (Lipinski definition) is 1. The molecule has 0 amide bonds. The fraction of sp³-hybridized carbons (Fsp3) is 0.462. The van der Waals surface area contributed by atoms with Gasteiger partial charge in [0, 0.05) is 26.2 Å². The number of carboxylic acids is 1. The third-order valence-electron chi connectivity index (χ3n) is 2.78. The van der Waals surface area contributed by atoms with Crippen LogP contribution in [0.3, 0.4) is 0 Å². The van der Waals surface area contributed by atoms with Gasteiger partial charge in [-0.3, -0.25) is 4.79 Å². The summed E-state index contributed by atoms with van der Waals surface area (Å²) in [4.78, 5) is 12.6. The molecule has 0 aliphatic carbocycles. The molecule has 0 saturated heterocycles. The van der Waals surface area contributed by atoms with Gasteiger partial charge in [-0.05, 0) is 43.0 Å². The maximum Gasteiger partial charge on any atom is 0.303 e. The topological polar surface area (TPSA) is 40.5 Å². The van der Waals surface area contributed by atoms with E-state index in [2.05, 4.69) is 26.0 Å². The predicted molar refractivity (Wildman–Crippen MR) is 66.2 cm³/mol. The van der Waals surface area contributed by atoms with E-state index in [-0.39, 0.29) is 6.42 Å². The van der Waals surface area contributed by atoms with E-state index in [1.807, 2.05) is 19.0 Å². The van der Waals surface area contributed by atoms with Crippen LogP contribution in [0.25, 0.3) is 0 Å². The maximum absolute atomic E-state index is 10.6. The van der Waals surface area contributed by atoms with Crippen molar-refractivity contribution in [2.24, 2.45) is 0 Å². The molecule has 16 heavy (non-hydrogen) atoms. The molecule has 0 heterocycles. The molecule has 0 atom stereocenters. The molecule has 1 aromatic carbocycles. The lowest BCUT2D eigenvalue weighted by atomic mass is 10.00. The van der Waals surface area contributed by atoms with Gasteiger partial charge in [-0.25, -0.2) is 0 Å². The Balaban J connectivity index is 3.04. The van der Waals surface area contributed by atoms with Gasteiger partial charge in [-0.1, -0.05) is 6.07 Å². The molecule has 1 rings (SSSR count). The zero-order chi connectivity index (χ0) is 12.3. The molecule has 0 saturated carbocycles. The van der Waals surface area contributed by atoms with E-state index in [9.17, 15) is 4.79 Å². The van der Waals surface area contributed by atoms with Crippen LogP contribution in [0.15, 0.2) is 12.1 Å². The highest BCUT2D eigenvalue weighted by molar-refractivity contribution is 5.68. The molecule has 0 aliphatic rings. The Hall–Kier alpha value is -1.51. The van der Waals surface area contributed by atoms with Crippen LogP contribution in [0.1, 0.15) is 23.1 Å². The zero-order valence-electron chi connectivity index (χ0n) is 10.4. The van der Waals surface area contributed by atoms with Gasteiger partial charge in [-0.2, -0.15) is 0 Å². The number of nitrogens with zero attached hydrogens (tertiary/aromatic N) is 1. The standard InChI is InChI=1S/C13H19NO2/c1-9-7-11(5-6-13(15)16)12(14(3)4)8-10(9)2/h7-8H,5-6H2,1-4H3,(H,15,16). The van der Waals surface area contributed by atoms with Crippen molar-refractivity contribution in [1.29, 1.82) is 0 Å². The number of rotatable bonds is 4. The Bertz CT molecular complexity index is 397. The van der Waals surface area contributed by atoms with E-state index in [0.717, 1.165) is 11.3 Å². The Morgan fingerprint density at radius 1 is 1.25 bits per heavy atom. The molecule has 3 heteroatoms. The molecular weight excluding hydrogens is 202 g/mol. The van der Waals surface area contributed by atoms with E-state index in [0.29, 0.717) is 6.42 Å². The summed E-state index contributed by atoms with van der Waals surface area (Å²) in [7, 11) is 3.96. The lowest BCUT2D eigenvalue weighted by Crippen LogP contribution is -2.12. The van der Waals surface area contributed by atoms with Crippen molar-refractivity contribution in [1.82, 2.24) is 0 Å². The molecular formula is C13H19NO2. The molecule has 3 nitrogen and oxygen atoms in total. The third-order valence-corrected chi connectivity index (χ3v) is 2.78. The molecule has 1 aromatic rings. The normalized spacial score (nSPS) is 10.2. The molecule has 0 unspecified atom stereocenters. The van der Waals surface area contributed by atoms with Crippen molar-refractivity contribution in [2.45, 2.75) is 26.7 Å². The van der Waals surface area contributed by atoms with Crippen LogP contribution in [0.5, 0.6) is 0 Å². The molecule has 88 valence electrons. The average Bonchev–Trinajstić information content (AvgIpc) is 2.18. The SMILES string of the molecule is Cc1cc(CCC(=O)O)c(N(C)C)cc1C. The van der Waals surface area contributed by atoms with E-state index >= 15 is 0 Å². The monoisotopic (exact) mass is 221 g/mol. The van der Waals surface area contributed by atoms with Crippen molar-refractivity contribution in [2.75, 3.05) is 19.0 Å². The van der Waals surface area contributed by atoms with Gasteiger partial charge >= 0.3 is 5.97 Å². The number of aliphatic carboxylic acids is 1. The van der Waals surface area contributed by atoms with E-state index in [4.69, 9.17) is 5.11 Å². The first kappa shape index (κ1) is 12.6. The minimum Gasteiger partial charge on any atom is -0.481 e. The van der Waals surface area contributed by atoms with Crippen LogP contribution in [-0.2, 0) is 11.2 Å². The molecule has 0 spiro atoms. The summed E-state index contributed by atoms with van der Waals surface area (Å²) in [6, 6.07) is 4.21. The summed E-state index contributed by atoms with van der Waals surface area (Å²) in [6.07, 6.45) is 0.771. The summed E-state index contributed by atoms with van der Waals surface area (Å²) < 4.78 is 0. The van der Waals surface area contributed by atoms with Crippen molar-refractivity contribution in [3.05, 3.63) is 28.8 Å². The van der Waals surface area contributed by atoms with Crippen molar-refractivity contribution in [3.63, 3.8) is 0 Å². The first-order valence-corrected chi connectivity index (χ1v) is 5.41. The minimum absolute atomic E-state index is 0.184. The van der Waals surface area contributed by atoms with Crippen LogP contribution in [0, 0.1) is 13.8 Å². The van der Waals surface area contributed by atoms with Crippen LogP contribution >= 0.6 is 0 Å². The summed E-state index contributed by atoms with van der Waals surface area (Å²) >= 11 is 0. The third kappa shape index (κ3) is 2.99. The fourth-order valence-corrected chi connectivity index (χ4v) is 1.72. The smallest absolute Gasteiger partial charge is 0.303 e. The van der Waals surface area contributed by atoms with Gasteiger partial charge < -0.3 is 10.0 Å². The second-order valence-electron chi connectivity index (χ2n) is 4.35. The summed E-state index contributed by atoms with van der Waals surface area (Å²) in [5.41, 5.74) is 4.67.